The van der Waals surface area contributed by atoms with Gasteiger partial charge in [-0.3, -0.25) is 0 Å². The lowest BCUT2D eigenvalue weighted by Gasteiger charge is -2.44. The Morgan fingerprint density at radius 3 is 2.26 bits per heavy atom. The topological polar surface area (TPSA) is 63.2 Å². The summed E-state index contributed by atoms with van der Waals surface area (Å²) in [5, 5.41) is 0. The van der Waals surface area contributed by atoms with E-state index < -0.39 is 12.4 Å². The average Bonchev–Trinajstić information content (AvgIpc) is 2.76. The van der Waals surface area contributed by atoms with Crippen LogP contribution in [0.3, 0.4) is 0 Å². The van der Waals surface area contributed by atoms with Crippen LogP contribution in [-0.4, -0.2) is 57.5 Å². The highest BCUT2D eigenvalue weighted by atomic mass is 16.7. The van der Waals surface area contributed by atoms with Crippen LogP contribution in [0.2, 0.25) is 0 Å². The molecule has 31 heavy (non-hydrogen) atoms. The molecule has 0 radical (unpaired) electrons. The van der Waals surface area contributed by atoms with Crippen molar-refractivity contribution in [3.05, 3.63) is 35.9 Å². The first-order chi connectivity index (χ1) is 14.9. The van der Waals surface area contributed by atoms with Gasteiger partial charge >= 0.3 is 5.97 Å². The van der Waals surface area contributed by atoms with Crippen LogP contribution < -0.4 is 0 Å². The van der Waals surface area contributed by atoms with E-state index in [1.165, 1.54) is 0 Å². The number of carbonyl (C=O) groups excluding carboxylic acids is 1. The Morgan fingerprint density at radius 1 is 0.968 bits per heavy atom. The molecule has 0 N–H and O–H groups in total. The van der Waals surface area contributed by atoms with Gasteiger partial charge in [0.05, 0.1) is 38.1 Å². The molecule has 1 saturated heterocycles. The molecule has 2 rings (SSSR count). The van der Waals surface area contributed by atoms with E-state index >= 15 is 0 Å². The predicted molar refractivity (Wildman–Crippen MR) is 120 cm³/mol. The van der Waals surface area contributed by atoms with Crippen LogP contribution in [0.5, 0.6) is 0 Å². The van der Waals surface area contributed by atoms with Gasteiger partial charge in [0.25, 0.3) is 0 Å². The summed E-state index contributed by atoms with van der Waals surface area (Å²) < 4.78 is 29.2. The Bertz CT molecular complexity index is 620. The molecular weight excluding hydrogens is 396 g/mol. The maximum Gasteiger partial charge on any atom is 0.338 e. The van der Waals surface area contributed by atoms with Gasteiger partial charge in [0, 0.05) is 12.5 Å². The van der Waals surface area contributed by atoms with Crippen molar-refractivity contribution in [2.24, 2.45) is 17.8 Å². The number of hydrogen-bond acceptors (Lipinski definition) is 6. The molecule has 0 amide bonds. The summed E-state index contributed by atoms with van der Waals surface area (Å²) in [6, 6.07) is 9.04. The van der Waals surface area contributed by atoms with E-state index in [4.69, 9.17) is 23.7 Å². The van der Waals surface area contributed by atoms with Crippen LogP contribution in [0.1, 0.15) is 57.8 Å². The molecule has 1 aliphatic heterocycles. The van der Waals surface area contributed by atoms with E-state index in [1.54, 1.807) is 12.1 Å². The van der Waals surface area contributed by atoms with Gasteiger partial charge in [0.2, 0.25) is 0 Å². The summed E-state index contributed by atoms with van der Waals surface area (Å²) in [6.45, 7) is 13.4. The smallest absolute Gasteiger partial charge is 0.338 e. The first kappa shape index (κ1) is 25.8. The lowest BCUT2D eigenvalue weighted by molar-refractivity contribution is -0.273. The fourth-order valence-corrected chi connectivity index (χ4v) is 3.75. The van der Waals surface area contributed by atoms with Crippen molar-refractivity contribution in [1.29, 1.82) is 0 Å². The molecule has 0 aliphatic carbocycles. The molecule has 0 bridgehead atoms. The van der Waals surface area contributed by atoms with Gasteiger partial charge < -0.3 is 23.7 Å². The zero-order valence-electron chi connectivity index (χ0n) is 19.8. The Labute approximate surface area is 187 Å². The number of rotatable bonds is 13. The molecule has 1 heterocycles. The Morgan fingerprint density at radius 2 is 1.61 bits per heavy atom. The fraction of sp³-hybridized carbons (Fsp3) is 0.720. The van der Waals surface area contributed by atoms with E-state index in [0.29, 0.717) is 37.9 Å². The molecule has 1 aromatic rings. The van der Waals surface area contributed by atoms with Crippen molar-refractivity contribution in [3.8, 4) is 0 Å². The molecule has 5 unspecified atom stereocenters. The quantitative estimate of drug-likeness (QED) is 0.329. The number of ether oxygens (including phenoxy) is 5. The molecule has 1 fully saturated rings. The standard InChI is InChI=1S/C25H40O6/c1-6-12-27-13-14-28-15-16-29-25-23(31-24(26)21-10-8-7-9-11-21)20(5)19(4)22(30-25)17-18(2)3/h7-11,18-20,22-23,25H,6,12-17H2,1-5H3. The van der Waals surface area contributed by atoms with Gasteiger partial charge in [0.1, 0.15) is 0 Å². The van der Waals surface area contributed by atoms with Crippen molar-refractivity contribution in [2.75, 3.05) is 33.0 Å². The van der Waals surface area contributed by atoms with Gasteiger partial charge in [-0.15, -0.1) is 0 Å². The first-order valence-corrected chi connectivity index (χ1v) is 11.6. The number of esters is 1. The van der Waals surface area contributed by atoms with Gasteiger partial charge in [-0.1, -0.05) is 52.8 Å². The monoisotopic (exact) mass is 436 g/mol. The Balaban J connectivity index is 1.95. The van der Waals surface area contributed by atoms with Crippen LogP contribution in [0.15, 0.2) is 30.3 Å². The summed E-state index contributed by atoms with van der Waals surface area (Å²) in [6.07, 6.45) is 0.923. The molecule has 6 nitrogen and oxygen atoms in total. The molecule has 1 aromatic carbocycles. The van der Waals surface area contributed by atoms with Crippen molar-refractivity contribution < 1.29 is 28.5 Å². The minimum Gasteiger partial charge on any atom is -0.453 e. The second-order valence-corrected chi connectivity index (χ2v) is 8.72. The molecular formula is C25H40O6. The number of hydrogen-bond donors (Lipinski definition) is 0. The van der Waals surface area contributed by atoms with E-state index in [-0.39, 0.29) is 23.9 Å². The lowest BCUT2D eigenvalue weighted by atomic mass is 9.80. The van der Waals surface area contributed by atoms with E-state index in [9.17, 15) is 4.79 Å². The van der Waals surface area contributed by atoms with Crippen LogP contribution in [0.4, 0.5) is 0 Å². The molecule has 1 aliphatic rings. The maximum atomic E-state index is 12.7. The highest BCUT2D eigenvalue weighted by Gasteiger charge is 2.44. The van der Waals surface area contributed by atoms with Gasteiger partial charge in [0.15, 0.2) is 12.4 Å². The molecule has 176 valence electrons. The van der Waals surface area contributed by atoms with E-state index in [1.807, 2.05) is 18.2 Å². The Hall–Kier alpha value is -1.47. The normalized spacial score (nSPS) is 26.2. The van der Waals surface area contributed by atoms with Crippen molar-refractivity contribution in [3.63, 3.8) is 0 Å². The van der Waals surface area contributed by atoms with Crippen LogP contribution in [0.25, 0.3) is 0 Å². The molecule has 6 heteroatoms. The summed E-state index contributed by atoms with van der Waals surface area (Å²) >= 11 is 0. The summed E-state index contributed by atoms with van der Waals surface area (Å²) in [5.41, 5.74) is 0.529. The highest BCUT2D eigenvalue weighted by Crippen LogP contribution is 2.36. The fourth-order valence-electron chi connectivity index (χ4n) is 3.75. The van der Waals surface area contributed by atoms with Crippen LogP contribution >= 0.6 is 0 Å². The zero-order chi connectivity index (χ0) is 22.6. The minimum absolute atomic E-state index is 0.0649. The third-order valence-corrected chi connectivity index (χ3v) is 5.70. The summed E-state index contributed by atoms with van der Waals surface area (Å²) in [5.74, 6) is 0.518. The van der Waals surface area contributed by atoms with Crippen LogP contribution in [0, 0.1) is 17.8 Å². The average molecular weight is 437 g/mol. The second kappa shape index (κ2) is 13.8. The largest absolute Gasteiger partial charge is 0.453 e. The minimum atomic E-state index is -0.609. The number of carbonyl (C=O) groups is 1. The highest BCUT2D eigenvalue weighted by molar-refractivity contribution is 5.89. The van der Waals surface area contributed by atoms with Crippen molar-refractivity contribution in [2.45, 2.75) is 66.0 Å². The van der Waals surface area contributed by atoms with Crippen LogP contribution in [-0.2, 0) is 23.7 Å². The zero-order valence-corrected chi connectivity index (χ0v) is 19.8. The Kier molecular flexibility index (Phi) is 11.5. The summed E-state index contributed by atoms with van der Waals surface area (Å²) in [7, 11) is 0. The molecule has 0 spiro atoms. The van der Waals surface area contributed by atoms with E-state index in [0.717, 1.165) is 19.4 Å². The van der Waals surface area contributed by atoms with Gasteiger partial charge in [-0.05, 0) is 36.8 Å². The van der Waals surface area contributed by atoms with Gasteiger partial charge in [-0.25, -0.2) is 4.79 Å². The third-order valence-electron chi connectivity index (χ3n) is 5.70. The lowest BCUT2D eigenvalue weighted by Crippen LogP contribution is -2.52. The summed E-state index contributed by atoms with van der Waals surface area (Å²) in [4.78, 5) is 12.7. The molecule has 0 saturated carbocycles. The predicted octanol–water partition coefficient (Wildman–Crippen LogP) is 4.72. The van der Waals surface area contributed by atoms with E-state index in [2.05, 4.69) is 34.6 Å². The van der Waals surface area contributed by atoms with Crippen molar-refractivity contribution in [1.82, 2.24) is 0 Å². The maximum absolute atomic E-state index is 12.7. The molecule has 0 aromatic heterocycles. The second-order valence-electron chi connectivity index (χ2n) is 8.72. The third kappa shape index (κ3) is 8.53. The SMILES string of the molecule is CCCOCCOCCOC1OC(CC(C)C)C(C)C(C)C1OC(=O)c1ccccc1. The molecule has 5 atom stereocenters. The number of benzene rings is 1. The van der Waals surface area contributed by atoms with Gasteiger partial charge in [-0.2, -0.15) is 0 Å². The van der Waals surface area contributed by atoms with Crippen molar-refractivity contribution >= 4 is 5.97 Å². The first-order valence-electron chi connectivity index (χ1n) is 11.6.